The van der Waals surface area contributed by atoms with Crippen molar-refractivity contribution in [1.29, 1.82) is 0 Å². The minimum atomic E-state index is 0.661. The van der Waals surface area contributed by atoms with E-state index in [1.54, 1.807) is 0 Å². The molecule has 1 aliphatic rings. The molecule has 0 bridgehead atoms. The van der Waals surface area contributed by atoms with Gasteiger partial charge in [-0.15, -0.1) is 0 Å². The van der Waals surface area contributed by atoms with Crippen LogP contribution in [-0.4, -0.2) is 0 Å². The topological polar surface area (TPSA) is 0 Å². The van der Waals surface area contributed by atoms with Gasteiger partial charge in [-0.25, -0.2) is 0 Å². The zero-order chi connectivity index (χ0) is 8.48. The van der Waals surface area contributed by atoms with Crippen LogP contribution in [0.3, 0.4) is 0 Å². The highest BCUT2D eigenvalue weighted by molar-refractivity contribution is 4.90. The van der Waals surface area contributed by atoms with E-state index in [4.69, 9.17) is 0 Å². The summed E-state index contributed by atoms with van der Waals surface area (Å²) in [5, 5.41) is 0. The monoisotopic (exact) mass is 154 g/mol. The summed E-state index contributed by atoms with van der Waals surface area (Å²) in [6.45, 7) is 9.57. The molecule has 0 saturated heterocycles. The molecule has 2 unspecified atom stereocenters. The van der Waals surface area contributed by atoms with Gasteiger partial charge in [-0.1, -0.05) is 40.5 Å². The summed E-state index contributed by atoms with van der Waals surface area (Å²) in [4.78, 5) is 0. The van der Waals surface area contributed by atoms with E-state index in [2.05, 4.69) is 27.7 Å². The second-order valence-corrected chi connectivity index (χ2v) is 4.90. The van der Waals surface area contributed by atoms with Gasteiger partial charge >= 0.3 is 0 Å². The summed E-state index contributed by atoms with van der Waals surface area (Å²) in [6, 6.07) is 0. The highest BCUT2D eigenvalue weighted by Gasteiger charge is 2.40. The van der Waals surface area contributed by atoms with Gasteiger partial charge in [0.25, 0.3) is 0 Å². The maximum atomic E-state index is 2.43. The van der Waals surface area contributed by atoms with Crippen molar-refractivity contribution in [2.45, 2.75) is 53.4 Å². The van der Waals surface area contributed by atoms with E-state index in [0.29, 0.717) is 5.41 Å². The Morgan fingerprint density at radius 1 is 1.45 bits per heavy atom. The normalized spacial score (nSPS) is 31.1. The SMILES string of the molecule is CCCC(C)C1CCC1(C)C. The molecule has 0 aromatic heterocycles. The van der Waals surface area contributed by atoms with Crippen LogP contribution in [0.15, 0.2) is 0 Å². The molecular weight excluding hydrogens is 132 g/mol. The lowest BCUT2D eigenvalue weighted by molar-refractivity contribution is 0.0230. The van der Waals surface area contributed by atoms with Gasteiger partial charge in [0.05, 0.1) is 0 Å². The van der Waals surface area contributed by atoms with Crippen LogP contribution in [0, 0.1) is 17.3 Å². The fraction of sp³-hybridized carbons (Fsp3) is 1.00. The predicted molar refractivity (Wildman–Crippen MR) is 50.6 cm³/mol. The summed E-state index contributed by atoms with van der Waals surface area (Å²) in [5.41, 5.74) is 0.661. The molecule has 0 aromatic rings. The van der Waals surface area contributed by atoms with Gasteiger partial charge in [-0.05, 0) is 30.1 Å². The van der Waals surface area contributed by atoms with Crippen LogP contribution in [0.2, 0.25) is 0 Å². The van der Waals surface area contributed by atoms with Crippen LogP contribution in [-0.2, 0) is 0 Å². The van der Waals surface area contributed by atoms with E-state index >= 15 is 0 Å². The van der Waals surface area contributed by atoms with Crippen molar-refractivity contribution in [3.05, 3.63) is 0 Å². The van der Waals surface area contributed by atoms with Crippen LogP contribution >= 0.6 is 0 Å². The van der Waals surface area contributed by atoms with Crippen LogP contribution in [0.4, 0.5) is 0 Å². The Balaban J connectivity index is 2.36. The highest BCUT2D eigenvalue weighted by atomic mass is 14.5. The lowest BCUT2D eigenvalue weighted by atomic mass is 9.57. The molecular formula is C11H22. The summed E-state index contributed by atoms with van der Waals surface area (Å²) >= 11 is 0. The fourth-order valence-electron chi connectivity index (χ4n) is 2.60. The van der Waals surface area contributed by atoms with E-state index in [1.165, 1.54) is 25.7 Å². The molecule has 0 radical (unpaired) electrons. The van der Waals surface area contributed by atoms with Crippen molar-refractivity contribution >= 4 is 0 Å². The first-order valence-electron chi connectivity index (χ1n) is 5.08. The summed E-state index contributed by atoms with van der Waals surface area (Å²) in [7, 11) is 0. The summed E-state index contributed by atoms with van der Waals surface area (Å²) < 4.78 is 0. The van der Waals surface area contributed by atoms with Crippen LogP contribution < -0.4 is 0 Å². The average molecular weight is 154 g/mol. The standard InChI is InChI=1S/C11H22/c1-5-6-9(2)10-7-8-11(10,3)4/h9-10H,5-8H2,1-4H3. The van der Waals surface area contributed by atoms with Crippen LogP contribution in [0.5, 0.6) is 0 Å². The molecule has 0 nitrogen and oxygen atoms in total. The molecule has 1 saturated carbocycles. The van der Waals surface area contributed by atoms with E-state index in [1.807, 2.05) is 0 Å². The van der Waals surface area contributed by atoms with Crippen LogP contribution in [0.25, 0.3) is 0 Å². The van der Waals surface area contributed by atoms with Gasteiger partial charge in [-0.2, -0.15) is 0 Å². The van der Waals surface area contributed by atoms with Crippen LogP contribution in [0.1, 0.15) is 53.4 Å². The van der Waals surface area contributed by atoms with Gasteiger partial charge in [0, 0.05) is 0 Å². The molecule has 0 amide bonds. The van der Waals surface area contributed by atoms with E-state index in [9.17, 15) is 0 Å². The van der Waals surface area contributed by atoms with Gasteiger partial charge < -0.3 is 0 Å². The Morgan fingerprint density at radius 3 is 2.36 bits per heavy atom. The number of hydrogen-bond donors (Lipinski definition) is 0. The Hall–Kier alpha value is 0. The van der Waals surface area contributed by atoms with Gasteiger partial charge in [0.2, 0.25) is 0 Å². The Kier molecular flexibility index (Phi) is 2.61. The average Bonchev–Trinajstić information content (AvgIpc) is 1.86. The minimum Gasteiger partial charge on any atom is -0.0654 e. The maximum Gasteiger partial charge on any atom is -0.0323 e. The van der Waals surface area contributed by atoms with E-state index in [0.717, 1.165) is 11.8 Å². The molecule has 0 heteroatoms. The second kappa shape index (κ2) is 3.16. The largest absolute Gasteiger partial charge is 0.0654 e. The first-order chi connectivity index (χ1) is 5.08. The third-order valence-corrected chi connectivity index (χ3v) is 3.53. The lowest BCUT2D eigenvalue weighted by Crippen LogP contribution is -2.38. The predicted octanol–water partition coefficient (Wildman–Crippen LogP) is 3.86. The third kappa shape index (κ3) is 1.77. The Morgan fingerprint density at radius 2 is 2.09 bits per heavy atom. The van der Waals surface area contributed by atoms with Crippen molar-refractivity contribution < 1.29 is 0 Å². The van der Waals surface area contributed by atoms with Gasteiger partial charge in [0.15, 0.2) is 0 Å². The molecule has 1 rings (SSSR count). The first kappa shape index (κ1) is 9.09. The maximum absolute atomic E-state index is 2.43. The second-order valence-electron chi connectivity index (χ2n) is 4.90. The molecule has 0 aliphatic heterocycles. The number of hydrogen-bond acceptors (Lipinski definition) is 0. The van der Waals surface area contributed by atoms with Gasteiger partial charge in [-0.3, -0.25) is 0 Å². The molecule has 0 spiro atoms. The Labute approximate surface area is 71.4 Å². The smallest absolute Gasteiger partial charge is 0.0323 e. The Bertz CT molecular complexity index is 124. The molecule has 2 atom stereocenters. The molecule has 0 N–H and O–H groups in total. The lowest BCUT2D eigenvalue weighted by Gasteiger charge is -2.48. The summed E-state index contributed by atoms with van der Waals surface area (Å²) in [5.74, 6) is 1.98. The molecule has 66 valence electrons. The van der Waals surface area contributed by atoms with Gasteiger partial charge in [0.1, 0.15) is 0 Å². The first-order valence-corrected chi connectivity index (χ1v) is 5.08. The van der Waals surface area contributed by atoms with E-state index < -0.39 is 0 Å². The fourth-order valence-corrected chi connectivity index (χ4v) is 2.60. The van der Waals surface area contributed by atoms with Crippen molar-refractivity contribution in [1.82, 2.24) is 0 Å². The highest BCUT2D eigenvalue weighted by Crippen LogP contribution is 2.50. The number of rotatable bonds is 3. The molecule has 1 aliphatic carbocycles. The molecule has 1 fully saturated rings. The zero-order valence-corrected chi connectivity index (χ0v) is 8.48. The zero-order valence-electron chi connectivity index (χ0n) is 8.48. The van der Waals surface area contributed by atoms with Crippen molar-refractivity contribution in [2.24, 2.45) is 17.3 Å². The third-order valence-electron chi connectivity index (χ3n) is 3.53. The molecule has 0 heterocycles. The minimum absolute atomic E-state index is 0.661. The summed E-state index contributed by atoms with van der Waals surface area (Å²) in [6.07, 6.45) is 5.71. The van der Waals surface area contributed by atoms with Crippen molar-refractivity contribution in [3.63, 3.8) is 0 Å². The molecule has 0 aromatic carbocycles. The molecule has 11 heavy (non-hydrogen) atoms. The van der Waals surface area contributed by atoms with Crippen molar-refractivity contribution in [2.75, 3.05) is 0 Å². The quantitative estimate of drug-likeness (QED) is 0.579. The van der Waals surface area contributed by atoms with E-state index in [-0.39, 0.29) is 0 Å². The van der Waals surface area contributed by atoms with Crippen molar-refractivity contribution in [3.8, 4) is 0 Å².